The Bertz CT molecular complexity index is 574. The van der Waals surface area contributed by atoms with E-state index in [2.05, 4.69) is 0 Å². The summed E-state index contributed by atoms with van der Waals surface area (Å²) in [7, 11) is 0. The summed E-state index contributed by atoms with van der Waals surface area (Å²) in [6, 6.07) is 3.28. The lowest BCUT2D eigenvalue weighted by Gasteiger charge is -2.17. The van der Waals surface area contributed by atoms with E-state index in [4.69, 9.17) is 16.7 Å². The Morgan fingerprint density at radius 1 is 1.53 bits per heavy atom. The van der Waals surface area contributed by atoms with Gasteiger partial charge in [0.05, 0.1) is 21.6 Å². The number of nitrogens with zero attached hydrogens (tertiary/aromatic N) is 2. The number of anilines is 1. The highest BCUT2D eigenvalue weighted by molar-refractivity contribution is 6.24. The number of hydrogen-bond acceptors (Lipinski definition) is 4. The second-order valence-electron chi connectivity index (χ2n) is 4.07. The van der Waals surface area contributed by atoms with Crippen LogP contribution in [0.25, 0.3) is 0 Å². The van der Waals surface area contributed by atoms with E-state index < -0.39 is 16.3 Å². The predicted molar refractivity (Wildman–Crippen MR) is 66.7 cm³/mol. The molecule has 0 aromatic heterocycles. The fourth-order valence-electron chi connectivity index (χ4n) is 1.93. The SMILES string of the molecule is O=C(O)c1ccc([N+](=O)[O-])cc1N1CC(Cl)CC1=O. The third kappa shape index (κ3) is 2.50. The molecule has 2 rings (SSSR count). The number of nitro groups is 1. The molecule has 0 aliphatic carbocycles. The Kier molecular flexibility index (Phi) is 3.39. The van der Waals surface area contributed by atoms with E-state index in [-0.39, 0.29) is 35.8 Å². The fraction of sp³-hybridized carbons (Fsp3) is 0.273. The van der Waals surface area contributed by atoms with Gasteiger partial charge in [-0.05, 0) is 6.07 Å². The molecule has 0 bridgehead atoms. The van der Waals surface area contributed by atoms with Gasteiger partial charge in [0.15, 0.2) is 0 Å². The highest BCUT2D eigenvalue weighted by atomic mass is 35.5. The molecule has 1 heterocycles. The van der Waals surface area contributed by atoms with Gasteiger partial charge in [0.25, 0.3) is 5.69 Å². The summed E-state index contributed by atoms with van der Waals surface area (Å²) >= 11 is 5.84. The Labute approximate surface area is 112 Å². The number of alkyl halides is 1. The number of hydrogen-bond donors (Lipinski definition) is 1. The van der Waals surface area contributed by atoms with Crippen molar-refractivity contribution in [2.24, 2.45) is 0 Å². The minimum absolute atomic E-state index is 0.00912. The third-order valence-corrected chi connectivity index (χ3v) is 3.08. The second-order valence-corrected chi connectivity index (χ2v) is 4.69. The number of carboxylic acid groups (broad SMARTS) is 1. The first kappa shape index (κ1) is 13.3. The molecule has 0 spiro atoms. The number of rotatable bonds is 3. The average molecular weight is 285 g/mol. The number of benzene rings is 1. The highest BCUT2D eigenvalue weighted by Crippen LogP contribution is 2.30. The summed E-state index contributed by atoms with van der Waals surface area (Å²) in [5.41, 5.74) is -0.426. The molecule has 19 heavy (non-hydrogen) atoms. The van der Waals surface area contributed by atoms with E-state index in [1.54, 1.807) is 0 Å². The van der Waals surface area contributed by atoms with Gasteiger partial charge in [0, 0.05) is 25.1 Å². The topological polar surface area (TPSA) is 101 Å². The molecule has 0 saturated carbocycles. The van der Waals surface area contributed by atoms with Crippen LogP contribution in [-0.2, 0) is 4.79 Å². The van der Waals surface area contributed by atoms with Crippen molar-refractivity contribution in [3.05, 3.63) is 33.9 Å². The molecule has 1 aliphatic heterocycles. The maximum absolute atomic E-state index is 11.7. The molecule has 1 unspecified atom stereocenters. The van der Waals surface area contributed by atoms with Crippen LogP contribution in [0.5, 0.6) is 0 Å². The lowest BCUT2D eigenvalue weighted by atomic mass is 10.1. The summed E-state index contributed by atoms with van der Waals surface area (Å²) in [6.07, 6.45) is 0.0866. The van der Waals surface area contributed by atoms with Gasteiger partial charge >= 0.3 is 5.97 Å². The van der Waals surface area contributed by atoms with Gasteiger partial charge in [-0.25, -0.2) is 4.79 Å². The van der Waals surface area contributed by atoms with Crippen LogP contribution in [0.4, 0.5) is 11.4 Å². The van der Waals surface area contributed by atoms with Crippen LogP contribution in [0.15, 0.2) is 18.2 Å². The second kappa shape index (κ2) is 4.85. The molecule has 7 nitrogen and oxygen atoms in total. The minimum atomic E-state index is -1.25. The standard InChI is InChI=1S/C11H9ClN2O5/c12-6-3-10(15)13(5-6)9-4-7(14(18)19)1-2-8(9)11(16)17/h1-2,4,6H,3,5H2,(H,16,17). The van der Waals surface area contributed by atoms with E-state index >= 15 is 0 Å². The lowest BCUT2D eigenvalue weighted by Crippen LogP contribution is -2.26. The monoisotopic (exact) mass is 284 g/mol. The minimum Gasteiger partial charge on any atom is -0.478 e. The number of halogens is 1. The van der Waals surface area contributed by atoms with Gasteiger partial charge in [-0.1, -0.05) is 0 Å². The van der Waals surface area contributed by atoms with E-state index in [0.717, 1.165) is 18.2 Å². The summed E-state index contributed by atoms with van der Waals surface area (Å²) in [4.78, 5) is 34.1. The molecule has 1 aromatic rings. The first-order valence-electron chi connectivity index (χ1n) is 5.36. The number of non-ortho nitro benzene ring substituents is 1. The van der Waals surface area contributed by atoms with Crippen molar-refractivity contribution in [3.8, 4) is 0 Å². The van der Waals surface area contributed by atoms with E-state index in [1.165, 1.54) is 4.90 Å². The van der Waals surface area contributed by atoms with Crippen molar-refractivity contribution < 1.29 is 19.6 Å². The largest absolute Gasteiger partial charge is 0.478 e. The maximum Gasteiger partial charge on any atom is 0.337 e. The summed E-state index contributed by atoms with van der Waals surface area (Å²) < 4.78 is 0. The Hall–Kier alpha value is -2.15. The molecule has 1 fully saturated rings. The summed E-state index contributed by atoms with van der Waals surface area (Å²) in [5, 5.41) is 19.4. The van der Waals surface area contributed by atoms with Gasteiger partial charge in [-0.2, -0.15) is 0 Å². The van der Waals surface area contributed by atoms with Gasteiger partial charge in [-0.3, -0.25) is 14.9 Å². The molecule has 100 valence electrons. The van der Waals surface area contributed by atoms with Crippen LogP contribution in [0.2, 0.25) is 0 Å². The molecule has 8 heteroatoms. The molecule has 0 radical (unpaired) electrons. The zero-order valence-electron chi connectivity index (χ0n) is 9.58. The maximum atomic E-state index is 11.7. The molecule has 1 amide bonds. The normalized spacial score (nSPS) is 18.7. The summed E-state index contributed by atoms with van der Waals surface area (Å²) in [5.74, 6) is -1.60. The molecular formula is C11H9ClN2O5. The van der Waals surface area contributed by atoms with Crippen molar-refractivity contribution in [3.63, 3.8) is 0 Å². The summed E-state index contributed by atoms with van der Waals surface area (Å²) in [6.45, 7) is 0.141. The third-order valence-electron chi connectivity index (χ3n) is 2.79. The van der Waals surface area contributed by atoms with Crippen LogP contribution in [-0.4, -0.2) is 33.8 Å². The number of nitro benzene ring substituents is 1. The van der Waals surface area contributed by atoms with Crippen LogP contribution >= 0.6 is 11.6 Å². The van der Waals surface area contributed by atoms with E-state index in [9.17, 15) is 19.7 Å². The van der Waals surface area contributed by atoms with Crippen LogP contribution in [0, 0.1) is 10.1 Å². The highest BCUT2D eigenvalue weighted by Gasteiger charge is 2.32. The van der Waals surface area contributed by atoms with Gasteiger partial charge in [0.1, 0.15) is 0 Å². The Morgan fingerprint density at radius 2 is 2.21 bits per heavy atom. The zero-order chi connectivity index (χ0) is 14.2. The number of carbonyl (C=O) groups is 2. The number of carboxylic acids is 1. The van der Waals surface area contributed by atoms with Crippen LogP contribution < -0.4 is 4.90 Å². The first-order chi connectivity index (χ1) is 8.90. The lowest BCUT2D eigenvalue weighted by molar-refractivity contribution is -0.384. The molecule has 1 aromatic carbocycles. The fourth-order valence-corrected chi connectivity index (χ4v) is 2.20. The Morgan fingerprint density at radius 3 is 2.68 bits per heavy atom. The number of aromatic carboxylic acids is 1. The quantitative estimate of drug-likeness (QED) is 0.516. The Balaban J connectivity index is 2.52. The molecule has 1 saturated heterocycles. The van der Waals surface area contributed by atoms with E-state index in [0.29, 0.717) is 0 Å². The smallest absolute Gasteiger partial charge is 0.337 e. The molecular weight excluding hydrogens is 276 g/mol. The van der Waals surface area contributed by atoms with Crippen molar-refractivity contribution >= 4 is 34.9 Å². The molecule has 1 atom stereocenters. The van der Waals surface area contributed by atoms with Gasteiger partial charge in [0.2, 0.25) is 5.91 Å². The molecule has 1 aliphatic rings. The van der Waals surface area contributed by atoms with Gasteiger partial charge < -0.3 is 10.0 Å². The zero-order valence-corrected chi connectivity index (χ0v) is 10.3. The van der Waals surface area contributed by atoms with Crippen molar-refractivity contribution in [2.75, 3.05) is 11.4 Å². The average Bonchev–Trinajstić information content (AvgIpc) is 2.67. The van der Waals surface area contributed by atoms with Crippen LogP contribution in [0.1, 0.15) is 16.8 Å². The van der Waals surface area contributed by atoms with Crippen molar-refractivity contribution in [2.45, 2.75) is 11.8 Å². The van der Waals surface area contributed by atoms with Crippen LogP contribution in [0.3, 0.4) is 0 Å². The molecule has 1 N–H and O–H groups in total. The van der Waals surface area contributed by atoms with E-state index in [1.807, 2.05) is 0 Å². The van der Waals surface area contributed by atoms with Gasteiger partial charge in [-0.15, -0.1) is 11.6 Å². The van der Waals surface area contributed by atoms with Crippen molar-refractivity contribution in [1.29, 1.82) is 0 Å². The predicted octanol–water partition coefficient (Wildman–Crippen LogP) is 1.64. The first-order valence-corrected chi connectivity index (χ1v) is 5.80. The van der Waals surface area contributed by atoms with Crippen molar-refractivity contribution in [1.82, 2.24) is 0 Å². The number of carbonyl (C=O) groups excluding carboxylic acids is 1. The number of amides is 1.